The lowest BCUT2D eigenvalue weighted by Gasteiger charge is -2.36. The molecule has 0 saturated carbocycles. The molecule has 1 N–H and O–H groups in total. The van der Waals surface area contributed by atoms with Crippen LogP contribution in [0.3, 0.4) is 0 Å². The van der Waals surface area contributed by atoms with Gasteiger partial charge in [0.15, 0.2) is 23.1 Å². The molecule has 3 aromatic carbocycles. The number of carbonyl (C=O) groups excluding carboxylic acids is 1. The van der Waals surface area contributed by atoms with E-state index in [1.54, 1.807) is 23.1 Å². The predicted octanol–water partition coefficient (Wildman–Crippen LogP) is 5.25. The van der Waals surface area contributed by atoms with E-state index in [4.69, 9.17) is 9.47 Å². The van der Waals surface area contributed by atoms with Gasteiger partial charge in [-0.1, -0.05) is 24.3 Å². The Morgan fingerprint density at radius 1 is 0.970 bits per heavy atom. The number of methoxy groups -OCH3 is 2. The van der Waals surface area contributed by atoms with Crippen molar-refractivity contribution in [1.82, 2.24) is 9.88 Å². The van der Waals surface area contributed by atoms with Crippen molar-refractivity contribution in [3.05, 3.63) is 94.7 Å². The molecular formula is C26H22F2N2O3. The number of nitrogens with zero attached hydrogens (tertiary/aromatic N) is 1. The smallest absolute Gasteiger partial charge is 0.254 e. The number of H-pyrrole nitrogens is 1. The molecule has 7 heteroatoms. The van der Waals surface area contributed by atoms with E-state index in [0.29, 0.717) is 35.6 Å². The Hall–Kier alpha value is -3.87. The first-order valence-corrected chi connectivity index (χ1v) is 10.6. The number of para-hydroxylation sites is 1. The van der Waals surface area contributed by atoms with Gasteiger partial charge in [-0.25, -0.2) is 8.78 Å². The summed E-state index contributed by atoms with van der Waals surface area (Å²) in [6.45, 7) is 0.422. The molecule has 2 heterocycles. The van der Waals surface area contributed by atoms with Crippen LogP contribution >= 0.6 is 0 Å². The topological polar surface area (TPSA) is 54.6 Å². The van der Waals surface area contributed by atoms with Crippen molar-refractivity contribution >= 4 is 16.8 Å². The number of carbonyl (C=O) groups is 1. The highest BCUT2D eigenvalue weighted by Crippen LogP contribution is 2.40. The minimum Gasteiger partial charge on any atom is -0.493 e. The van der Waals surface area contributed by atoms with E-state index in [1.165, 1.54) is 20.3 Å². The molecule has 0 aliphatic carbocycles. The zero-order valence-electron chi connectivity index (χ0n) is 18.2. The Morgan fingerprint density at radius 3 is 2.52 bits per heavy atom. The summed E-state index contributed by atoms with van der Waals surface area (Å²) in [5, 5.41) is 1.07. The van der Waals surface area contributed by atoms with Gasteiger partial charge in [-0.05, 0) is 53.9 Å². The summed E-state index contributed by atoms with van der Waals surface area (Å²) in [6, 6.07) is 16.1. The number of hydrogen-bond acceptors (Lipinski definition) is 3. The third-order valence-corrected chi connectivity index (χ3v) is 6.19. The van der Waals surface area contributed by atoms with Crippen LogP contribution in [0, 0.1) is 11.6 Å². The van der Waals surface area contributed by atoms with Crippen LogP contribution in [0.5, 0.6) is 11.5 Å². The van der Waals surface area contributed by atoms with Gasteiger partial charge in [0.05, 0.1) is 20.3 Å². The van der Waals surface area contributed by atoms with Gasteiger partial charge in [0.25, 0.3) is 5.91 Å². The highest BCUT2D eigenvalue weighted by Gasteiger charge is 2.35. The zero-order valence-corrected chi connectivity index (χ0v) is 18.2. The highest BCUT2D eigenvalue weighted by molar-refractivity contribution is 5.96. The second-order valence-corrected chi connectivity index (χ2v) is 7.96. The van der Waals surface area contributed by atoms with Crippen LogP contribution in [-0.4, -0.2) is 36.6 Å². The van der Waals surface area contributed by atoms with Gasteiger partial charge in [0, 0.05) is 28.7 Å². The quantitative estimate of drug-likeness (QED) is 0.464. The second kappa shape index (κ2) is 8.24. The minimum absolute atomic E-state index is 0.241. The lowest BCUT2D eigenvalue weighted by molar-refractivity contribution is 0.0691. The largest absolute Gasteiger partial charge is 0.493 e. The maximum absolute atomic E-state index is 14.2. The first-order chi connectivity index (χ1) is 16.0. The van der Waals surface area contributed by atoms with E-state index >= 15 is 0 Å². The van der Waals surface area contributed by atoms with Crippen molar-refractivity contribution < 1.29 is 23.0 Å². The molecule has 0 saturated heterocycles. The van der Waals surface area contributed by atoms with Crippen molar-refractivity contribution in [2.24, 2.45) is 0 Å². The number of fused-ring (bicyclic) bond motifs is 3. The number of nitrogens with one attached hydrogen (secondary N) is 1. The Balaban J connectivity index is 1.64. The number of halogens is 2. The Morgan fingerprint density at radius 2 is 1.76 bits per heavy atom. The van der Waals surface area contributed by atoms with Crippen molar-refractivity contribution in [2.45, 2.75) is 12.5 Å². The molecule has 1 aliphatic rings. The maximum atomic E-state index is 14.2. The van der Waals surface area contributed by atoms with Crippen LogP contribution in [0.1, 0.15) is 33.2 Å². The van der Waals surface area contributed by atoms with E-state index in [2.05, 4.69) is 4.98 Å². The molecule has 1 aliphatic heterocycles. The summed E-state index contributed by atoms with van der Waals surface area (Å²) in [6.07, 6.45) is 0.637. The van der Waals surface area contributed by atoms with E-state index < -0.39 is 17.7 Å². The zero-order chi connectivity index (χ0) is 23.1. The predicted molar refractivity (Wildman–Crippen MR) is 121 cm³/mol. The number of aromatic nitrogens is 1. The molecule has 0 spiro atoms. The van der Waals surface area contributed by atoms with Crippen LogP contribution in [-0.2, 0) is 6.42 Å². The summed E-state index contributed by atoms with van der Waals surface area (Å²) >= 11 is 0. The molecule has 0 fully saturated rings. The van der Waals surface area contributed by atoms with Gasteiger partial charge >= 0.3 is 0 Å². The number of amides is 1. The standard InChI is InChI=1S/C26H22F2N2O3/c1-32-22-10-8-16(14-23(22)33-2)26(31)30-12-11-18-17-5-3-4-6-21(17)29-24(18)25(30)15-7-9-19(27)20(28)13-15/h3-10,13-14,25,29H,11-12H2,1-2H3. The first kappa shape index (κ1) is 21.0. The van der Waals surface area contributed by atoms with Crippen LogP contribution in [0.2, 0.25) is 0 Å². The molecule has 5 rings (SSSR count). The molecule has 33 heavy (non-hydrogen) atoms. The molecule has 1 unspecified atom stereocenters. The molecule has 1 aromatic heterocycles. The molecular weight excluding hydrogens is 426 g/mol. The number of hydrogen-bond donors (Lipinski definition) is 1. The number of rotatable bonds is 4. The van der Waals surface area contributed by atoms with E-state index in [0.717, 1.165) is 34.3 Å². The van der Waals surface area contributed by atoms with E-state index in [9.17, 15) is 13.6 Å². The highest BCUT2D eigenvalue weighted by atomic mass is 19.2. The molecule has 5 nitrogen and oxygen atoms in total. The molecule has 0 radical (unpaired) electrons. The monoisotopic (exact) mass is 448 g/mol. The second-order valence-electron chi connectivity index (χ2n) is 7.96. The average Bonchev–Trinajstić information content (AvgIpc) is 3.23. The van der Waals surface area contributed by atoms with E-state index in [1.807, 2.05) is 24.3 Å². The van der Waals surface area contributed by atoms with Crippen molar-refractivity contribution in [3.63, 3.8) is 0 Å². The van der Waals surface area contributed by atoms with Crippen LogP contribution in [0.15, 0.2) is 60.7 Å². The Labute approximate surface area is 189 Å². The van der Waals surface area contributed by atoms with Crippen LogP contribution in [0.4, 0.5) is 8.78 Å². The van der Waals surface area contributed by atoms with Crippen LogP contribution < -0.4 is 9.47 Å². The summed E-state index contributed by atoms with van der Waals surface area (Å²) in [5.41, 5.74) is 3.74. The van der Waals surface area contributed by atoms with Gasteiger partial charge in [-0.2, -0.15) is 0 Å². The van der Waals surface area contributed by atoms with Gasteiger partial charge < -0.3 is 19.4 Å². The molecule has 0 bridgehead atoms. The lowest BCUT2D eigenvalue weighted by Crippen LogP contribution is -2.40. The summed E-state index contributed by atoms with van der Waals surface area (Å²) in [7, 11) is 3.04. The lowest BCUT2D eigenvalue weighted by atomic mass is 9.91. The number of ether oxygens (including phenoxy) is 2. The maximum Gasteiger partial charge on any atom is 0.254 e. The minimum atomic E-state index is -0.950. The van der Waals surface area contributed by atoms with Crippen LogP contribution in [0.25, 0.3) is 10.9 Å². The fraction of sp³-hybridized carbons (Fsp3) is 0.192. The summed E-state index contributed by atoms with van der Waals surface area (Å²) < 4.78 is 38.6. The first-order valence-electron chi connectivity index (χ1n) is 10.6. The fourth-order valence-corrected chi connectivity index (χ4v) is 4.62. The van der Waals surface area contributed by atoms with Crippen molar-refractivity contribution in [3.8, 4) is 11.5 Å². The average molecular weight is 448 g/mol. The molecule has 1 amide bonds. The van der Waals surface area contributed by atoms with Gasteiger partial charge in [0.1, 0.15) is 0 Å². The number of aromatic amines is 1. The third-order valence-electron chi connectivity index (χ3n) is 6.19. The fourth-order valence-electron chi connectivity index (χ4n) is 4.62. The normalized spacial score (nSPS) is 15.4. The van der Waals surface area contributed by atoms with Gasteiger partial charge in [-0.15, -0.1) is 0 Å². The van der Waals surface area contributed by atoms with E-state index in [-0.39, 0.29) is 5.91 Å². The van der Waals surface area contributed by atoms with Gasteiger partial charge in [0.2, 0.25) is 0 Å². The summed E-state index contributed by atoms with van der Waals surface area (Å²) in [4.78, 5) is 18.8. The Bertz CT molecular complexity index is 1370. The number of benzene rings is 3. The Kier molecular flexibility index (Phi) is 5.24. The third kappa shape index (κ3) is 3.50. The molecule has 4 aromatic rings. The van der Waals surface area contributed by atoms with Crippen molar-refractivity contribution in [1.29, 1.82) is 0 Å². The van der Waals surface area contributed by atoms with Crippen molar-refractivity contribution in [2.75, 3.05) is 20.8 Å². The molecule has 1 atom stereocenters. The van der Waals surface area contributed by atoms with Gasteiger partial charge in [-0.3, -0.25) is 4.79 Å². The summed E-state index contributed by atoms with van der Waals surface area (Å²) in [5.74, 6) is -1.16. The molecule has 168 valence electrons. The SMILES string of the molecule is COc1ccc(C(=O)N2CCc3c([nH]c4ccccc34)C2c2ccc(F)c(F)c2)cc1OC.